The number of nitrogens with zero attached hydrogens (tertiary/aromatic N) is 2. The number of alkyl halides is 3. The summed E-state index contributed by atoms with van der Waals surface area (Å²) in [7, 11) is 0. The normalized spacial score (nSPS) is 11.6. The molecule has 0 radical (unpaired) electrons. The smallest absolute Gasteiger partial charge is 0.406 e. The molecule has 0 fully saturated rings. The zero-order valence-corrected chi connectivity index (χ0v) is 13.5. The number of halogens is 3. The van der Waals surface area contributed by atoms with Crippen molar-refractivity contribution in [3.63, 3.8) is 0 Å². The fourth-order valence-corrected chi connectivity index (χ4v) is 2.65. The van der Waals surface area contributed by atoms with Gasteiger partial charge >= 0.3 is 6.36 Å². The predicted molar refractivity (Wildman–Crippen MR) is 91.9 cm³/mol. The molecule has 0 saturated heterocycles. The fourth-order valence-electron chi connectivity index (χ4n) is 1.98. The zero-order chi connectivity index (χ0) is 17.7. The molecule has 0 aliphatic heterocycles. The quantitative estimate of drug-likeness (QED) is 0.503. The Morgan fingerprint density at radius 1 is 1.04 bits per heavy atom. The first kappa shape index (κ1) is 17.0. The minimum absolute atomic E-state index is 0.273. The summed E-state index contributed by atoms with van der Waals surface area (Å²) in [5, 5.41) is 6.56. The van der Waals surface area contributed by atoms with Gasteiger partial charge in [0.15, 0.2) is 0 Å². The molecule has 1 heterocycles. The van der Waals surface area contributed by atoms with E-state index in [9.17, 15) is 13.2 Å². The van der Waals surface area contributed by atoms with Gasteiger partial charge in [-0.2, -0.15) is 5.10 Å². The molecular formula is C17H12F3N3OS. The number of thiazole rings is 1. The Kier molecular flexibility index (Phi) is 4.99. The van der Waals surface area contributed by atoms with E-state index < -0.39 is 6.36 Å². The van der Waals surface area contributed by atoms with Gasteiger partial charge in [-0.05, 0) is 29.8 Å². The van der Waals surface area contributed by atoms with Crippen LogP contribution in [0.3, 0.4) is 0 Å². The van der Waals surface area contributed by atoms with Crippen molar-refractivity contribution in [2.75, 3.05) is 5.43 Å². The highest BCUT2D eigenvalue weighted by Gasteiger charge is 2.30. The van der Waals surface area contributed by atoms with Crippen molar-refractivity contribution in [3.8, 4) is 17.0 Å². The maximum absolute atomic E-state index is 12.1. The number of benzene rings is 2. The summed E-state index contributed by atoms with van der Waals surface area (Å²) in [4.78, 5) is 4.41. The third kappa shape index (κ3) is 5.05. The molecule has 3 aromatic rings. The molecule has 0 aliphatic rings. The second-order valence-corrected chi connectivity index (χ2v) is 5.75. The van der Waals surface area contributed by atoms with E-state index >= 15 is 0 Å². The van der Waals surface area contributed by atoms with Crippen molar-refractivity contribution in [2.24, 2.45) is 5.10 Å². The van der Waals surface area contributed by atoms with Gasteiger partial charge in [0.05, 0.1) is 11.9 Å². The van der Waals surface area contributed by atoms with Crippen molar-refractivity contribution >= 4 is 22.7 Å². The Bertz CT molecular complexity index is 846. The third-order valence-corrected chi connectivity index (χ3v) is 3.81. The number of anilines is 1. The van der Waals surface area contributed by atoms with Crippen LogP contribution >= 0.6 is 11.3 Å². The van der Waals surface area contributed by atoms with Crippen LogP contribution in [0.25, 0.3) is 11.3 Å². The van der Waals surface area contributed by atoms with E-state index in [1.54, 1.807) is 0 Å². The lowest BCUT2D eigenvalue weighted by Crippen LogP contribution is -2.17. The molecule has 128 valence electrons. The molecule has 0 bridgehead atoms. The average molecular weight is 363 g/mol. The first-order valence-electron chi connectivity index (χ1n) is 7.15. The standard InChI is InChI=1S/C17H12F3N3OS/c18-17(19,20)24-14-8-6-12(7-9-14)10-21-23-16-22-15(11-25-16)13-4-2-1-3-5-13/h1-11H,(H,22,23). The van der Waals surface area contributed by atoms with E-state index in [-0.39, 0.29) is 5.75 Å². The molecule has 0 amide bonds. The largest absolute Gasteiger partial charge is 0.573 e. The second-order valence-electron chi connectivity index (χ2n) is 4.89. The summed E-state index contributed by atoms with van der Waals surface area (Å²) in [5.74, 6) is -0.273. The number of hydrazone groups is 1. The molecule has 1 N–H and O–H groups in total. The lowest BCUT2D eigenvalue weighted by molar-refractivity contribution is -0.274. The molecule has 0 atom stereocenters. The molecule has 2 aromatic carbocycles. The predicted octanol–water partition coefficient (Wildman–Crippen LogP) is 5.15. The summed E-state index contributed by atoms with van der Waals surface area (Å²) in [6.45, 7) is 0. The van der Waals surface area contributed by atoms with Crippen molar-refractivity contribution in [1.29, 1.82) is 0 Å². The number of hydrogen-bond acceptors (Lipinski definition) is 5. The maximum atomic E-state index is 12.1. The highest BCUT2D eigenvalue weighted by molar-refractivity contribution is 7.14. The summed E-state index contributed by atoms with van der Waals surface area (Å²) >= 11 is 1.41. The van der Waals surface area contributed by atoms with Gasteiger partial charge in [-0.15, -0.1) is 24.5 Å². The molecular weight excluding hydrogens is 351 g/mol. The SMILES string of the molecule is FC(F)(F)Oc1ccc(C=NNc2nc(-c3ccccc3)cs2)cc1. The van der Waals surface area contributed by atoms with Gasteiger partial charge < -0.3 is 4.74 Å². The topological polar surface area (TPSA) is 46.5 Å². The lowest BCUT2D eigenvalue weighted by atomic mass is 10.2. The van der Waals surface area contributed by atoms with Crippen molar-refractivity contribution in [3.05, 3.63) is 65.5 Å². The highest BCUT2D eigenvalue weighted by atomic mass is 32.1. The van der Waals surface area contributed by atoms with Crippen LogP contribution in [0.2, 0.25) is 0 Å². The van der Waals surface area contributed by atoms with Crippen LogP contribution in [0.4, 0.5) is 18.3 Å². The number of hydrogen-bond donors (Lipinski definition) is 1. The van der Waals surface area contributed by atoms with E-state index in [0.717, 1.165) is 11.3 Å². The first-order valence-corrected chi connectivity index (χ1v) is 8.03. The number of rotatable bonds is 5. The van der Waals surface area contributed by atoms with Gasteiger partial charge in [-0.25, -0.2) is 4.98 Å². The van der Waals surface area contributed by atoms with E-state index in [0.29, 0.717) is 10.7 Å². The Balaban J connectivity index is 1.59. The molecule has 8 heteroatoms. The minimum atomic E-state index is -4.70. The molecule has 0 spiro atoms. The third-order valence-electron chi connectivity index (χ3n) is 3.06. The molecule has 1 aromatic heterocycles. The average Bonchev–Trinajstić information content (AvgIpc) is 3.05. The lowest BCUT2D eigenvalue weighted by Gasteiger charge is -2.08. The maximum Gasteiger partial charge on any atom is 0.573 e. The van der Waals surface area contributed by atoms with Gasteiger partial charge in [-0.1, -0.05) is 30.3 Å². The molecule has 4 nitrogen and oxygen atoms in total. The first-order chi connectivity index (χ1) is 12.0. The van der Waals surface area contributed by atoms with Crippen LogP contribution in [0.1, 0.15) is 5.56 Å². The van der Waals surface area contributed by atoms with E-state index in [1.165, 1.54) is 41.8 Å². The van der Waals surface area contributed by atoms with E-state index in [4.69, 9.17) is 0 Å². The molecule has 0 saturated carbocycles. The van der Waals surface area contributed by atoms with E-state index in [2.05, 4.69) is 20.2 Å². The molecule has 3 rings (SSSR count). The Morgan fingerprint density at radius 3 is 2.44 bits per heavy atom. The van der Waals surface area contributed by atoms with Crippen LogP contribution < -0.4 is 10.2 Å². The number of aromatic nitrogens is 1. The summed E-state index contributed by atoms with van der Waals surface area (Å²) < 4.78 is 40.1. The Labute approximate surface area is 145 Å². The van der Waals surface area contributed by atoms with Gasteiger partial charge in [0.1, 0.15) is 5.75 Å². The fraction of sp³-hybridized carbons (Fsp3) is 0.0588. The monoisotopic (exact) mass is 363 g/mol. The van der Waals surface area contributed by atoms with Crippen LogP contribution in [0, 0.1) is 0 Å². The minimum Gasteiger partial charge on any atom is -0.406 e. The van der Waals surface area contributed by atoms with Crippen LogP contribution in [0.15, 0.2) is 65.1 Å². The van der Waals surface area contributed by atoms with Gasteiger partial charge in [0.2, 0.25) is 5.13 Å². The van der Waals surface area contributed by atoms with E-state index in [1.807, 2.05) is 35.7 Å². The second kappa shape index (κ2) is 7.35. The van der Waals surface area contributed by atoms with Crippen LogP contribution in [-0.2, 0) is 0 Å². The van der Waals surface area contributed by atoms with Crippen molar-refractivity contribution in [1.82, 2.24) is 4.98 Å². The van der Waals surface area contributed by atoms with Gasteiger partial charge in [0.25, 0.3) is 0 Å². The van der Waals surface area contributed by atoms with Gasteiger partial charge in [-0.3, -0.25) is 5.43 Å². The van der Waals surface area contributed by atoms with Crippen molar-refractivity contribution in [2.45, 2.75) is 6.36 Å². The Morgan fingerprint density at radius 2 is 1.76 bits per heavy atom. The molecule has 0 aliphatic carbocycles. The number of ether oxygens (including phenoxy) is 1. The van der Waals surface area contributed by atoms with Gasteiger partial charge in [0, 0.05) is 10.9 Å². The summed E-state index contributed by atoms with van der Waals surface area (Å²) in [6.07, 6.45) is -3.21. The van der Waals surface area contributed by atoms with Crippen LogP contribution in [0.5, 0.6) is 5.75 Å². The van der Waals surface area contributed by atoms with Crippen LogP contribution in [-0.4, -0.2) is 17.6 Å². The Hall–Kier alpha value is -2.87. The summed E-state index contributed by atoms with van der Waals surface area (Å²) in [5.41, 5.74) is 5.28. The number of nitrogens with one attached hydrogen (secondary N) is 1. The van der Waals surface area contributed by atoms with Crippen molar-refractivity contribution < 1.29 is 17.9 Å². The zero-order valence-electron chi connectivity index (χ0n) is 12.7. The summed E-state index contributed by atoms with van der Waals surface area (Å²) in [6, 6.07) is 15.1. The molecule has 0 unspecified atom stereocenters. The molecule has 25 heavy (non-hydrogen) atoms. The highest BCUT2D eigenvalue weighted by Crippen LogP contribution is 2.25.